The molecular formula is C24H26N4O5. The fraction of sp³-hybridized carbons (Fsp3) is 0.292. The number of rotatable bonds is 6. The number of fused-ring (bicyclic) bond motifs is 1. The number of aromatic nitrogens is 1. The molecule has 0 saturated heterocycles. The smallest absolute Gasteiger partial charge is 0.409 e. The number of carboxylic acids is 1. The molecule has 1 fully saturated rings. The van der Waals surface area contributed by atoms with E-state index in [4.69, 9.17) is 15.9 Å². The first-order chi connectivity index (χ1) is 15.8. The molecule has 33 heavy (non-hydrogen) atoms. The number of nitrogens with zero attached hydrogens (tertiary/aromatic N) is 1. The Labute approximate surface area is 190 Å². The number of carboxylic acid groups (broad SMARTS) is 2. The topological polar surface area (TPSA) is 147 Å². The number of aromatic carboxylic acids is 1. The van der Waals surface area contributed by atoms with Gasteiger partial charge in [0.05, 0.1) is 11.1 Å². The van der Waals surface area contributed by atoms with E-state index in [2.05, 4.69) is 10.6 Å². The van der Waals surface area contributed by atoms with Crippen molar-refractivity contribution in [3.05, 3.63) is 65.4 Å². The van der Waals surface area contributed by atoms with Crippen LogP contribution in [0, 0.1) is 0 Å². The van der Waals surface area contributed by atoms with E-state index in [1.54, 1.807) is 36.4 Å². The summed E-state index contributed by atoms with van der Waals surface area (Å²) in [6.07, 6.45) is 2.22. The van der Waals surface area contributed by atoms with Crippen molar-refractivity contribution in [2.75, 3.05) is 5.32 Å². The Morgan fingerprint density at radius 1 is 0.970 bits per heavy atom. The maximum absolute atomic E-state index is 13.2. The maximum atomic E-state index is 13.2. The van der Waals surface area contributed by atoms with Gasteiger partial charge in [0.2, 0.25) is 0 Å². The van der Waals surface area contributed by atoms with E-state index in [0.717, 1.165) is 36.6 Å². The van der Waals surface area contributed by atoms with Crippen LogP contribution in [-0.4, -0.2) is 44.8 Å². The standard InChI is InChI=1S/C24H26N4O5/c25-17-6-9-18(10-7-17)26-22(29)21-11-16-5-8-19(27-24(32)33)12-20(16)28(21)13-14-1-3-15(4-2-14)23(30)31/h1-5,8,11-12,17-18,27H,6-7,9-10,13,25H2,(H,26,29)(H,30,31)(H,32,33). The summed E-state index contributed by atoms with van der Waals surface area (Å²) in [6.45, 7) is 0.318. The van der Waals surface area contributed by atoms with E-state index in [1.807, 2.05) is 4.57 Å². The summed E-state index contributed by atoms with van der Waals surface area (Å²) >= 11 is 0. The molecule has 9 nitrogen and oxygen atoms in total. The molecule has 3 aromatic rings. The van der Waals surface area contributed by atoms with Crippen LogP contribution >= 0.6 is 0 Å². The Morgan fingerprint density at radius 2 is 1.67 bits per heavy atom. The zero-order valence-electron chi connectivity index (χ0n) is 18.0. The van der Waals surface area contributed by atoms with Crippen LogP contribution in [0.25, 0.3) is 10.9 Å². The van der Waals surface area contributed by atoms with Gasteiger partial charge < -0.3 is 25.8 Å². The van der Waals surface area contributed by atoms with E-state index in [0.29, 0.717) is 23.4 Å². The van der Waals surface area contributed by atoms with Crippen LogP contribution in [0.5, 0.6) is 0 Å². The van der Waals surface area contributed by atoms with E-state index in [9.17, 15) is 14.4 Å². The monoisotopic (exact) mass is 450 g/mol. The van der Waals surface area contributed by atoms with Gasteiger partial charge in [-0.3, -0.25) is 10.1 Å². The number of hydrogen-bond donors (Lipinski definition) is 5. The third kappa shape index (κ3) is 5.15. The predicted molar refractivity (Wildman–Crippen MR) is 124 cm³/mol. The highest BCUT2D eigenvalue weighted by atomic mass is 16.4. The van der Waals surface area contributed by atoms with Gasteiger partial charge in [0, 0.05) is 29.7 Å². The van der Waals surface area contributed by atoms with Crippen molar-refractivity contribution in [2.24, 2.45) is 5.73 Å². The van der Waals surface area contributed by atoms with Crippen LogP contribution in [0.4, 0.5) is 10.5 Å². The highest BCUT2D eigenvalue weighted by molar-refractivity contribution is 6.00. The van der Waals surface area contributed by atoms with Crippen LogP contribution in [0.1, 0.15) is 52.1 Å². The molecule has 4 rings (SSSR count). The molecule has 1 aliphatic rings. The summed E-state index contributed by atoms with van der Waals surface area (Å²) in [6, 6.07) is 13.6. The van der Waals surface area contributed by atoms with Gasteiger partial charge in [-0.2, -0.15) is 0 Å². The van der Waals surface area contributed by atoms with Crippen LogP contribution in [-0.2, 0) is 6.54 Å². The minimum atomic E-state index is -1.18. The number of anilines is 1. The third-order valence-corrected chi connectivity index (χ3v) is 6.04. The first-order valence-electron chi connectivity index (χ1n) is 10.8. The number of carbonyl (C=O) groups is 3. The molecular weight excluding hydrogens is 424 g/mol. The lowest BCUT2D eigenvalue weighted by Crippen LogP contribution is -2.41. The highest BCUT2D eigenvalue weighted by Crippen LogP contribution is 2.26. The van der Waals surface area contributed by atoms with Crippen molar-refractivity contribution < 1.29 is 24.6 Å². The van der Waals surface area contributed by atoms with E-state index < -0.39 is 12.1 Å². The van der Waals surface area contributed by atoms with E-state index in [-0.39, 0.29) is 23.6 Å². The fourth-order valence-electron chi connectivity index (χ4n) is 4.27. The van der Waals surface area contributed by atoms with Crippen LogP contribution < -0.4 is 16.4 Å². The van der Waals surface area contributed by atoms with E-state index in [1.165, 1.54) is 12.1 Å². The normalized spacial score (nSPS) is 18.1. The minimum Gasteiger partial charge on any atom is -0.478 e. The number of carbonyl (C=O) groups excluding carboxylic acids is 1. The molecule has 172 valence electrons. The quantitative estimate of drug-likeness (QED) is 0.388. The van der Waals surface area contributed by atoms with Crippen LogP contribution in [0.2, 0.25) is 0 Å². The van der Waals surface area contributed by atoms with Gasteiger partial charge in [-0.1, -0.05) is 18.2 Å². The summed E-state index contributed by atoms with van der Waals surface area (Å²) in [5.41, 5.74) is 8.51. The lowest BCUT2D eigenvalue weighted by atomic mass is 9.92. The largest absolute Gasteiger partial charge is 0.478 e. The van der Waals surface area contributed by atoms with Crippen molar-refractivity contribution in [1.82, 2.24) is 9.88 Å². The number of hydrogen-bond acceptors (Lipinski definition) is 4. The summed E-state index contributed by atoms with van der Waals surface area (Å²) in [5, 5.41) is 24.5. The molecule has 0 spiro atoms. The van der Waals surface area contributed by atoms with Crippen molar-refractivity contribution >= 4 is 34.6 Å². The number of benzene rings is 2. The van der Waals surface area contributed by atoms with Crippen molar-refractivity contribution in [2.45, 2.75) is 44.3 Å². The molecule has 0 aliphatic heterocycles. The Morgan fingerprint density at radius 3 is 2.30 bits per heavy atom. The summed E-state index contributed by atoms with van der Waals surface area (Å²) < 4.78 is 1.82. The molecule has 1 saturated carbocycles. The zero-order valence-corrected chi connectivity index (χ0v) is 18.0. The summed E-state index contributed by atoms with van der Waals surface area (Å²) in [5.74, 6) is -1.22. The van der Waals surface area contributed by atoms with Gasteiger partial charge in [0.15, 0.2) is 0 Å². The second-order valence-electron chi connectivity index (χ2n) is 8.41. The number of amides is 2. The van der Waals surface area contributed by atoms with Gasteiger partial charge >= 0.3 is 12.1 Å². The molecule has 1 aliphatic carbocycles. The Kier molecular flexibility index (Phi) is 6.32. The number of nitrogens with two attached hydrogens (primary N) is 1. The zero-order chi connectivity index (χ0) is 23.5. The SMILES string of the molecule is NC1CCC(NC(=O)c2cc3ccc(NC(=O)O)cc3n2Cc2ccc(C(=O)O)cc2)CC1. The lowest BCUT2D eigenvalue weighted by Gasteiger charge is -2.27. The van der Waals surface area contributed by atoms with Crippen molar-refractivity contribution in [1.29, 1.82) is 0 Å². The van der Waals surface area contributed by atoms with E-state index >= 15 is 0 Å². The van der Waals surface area contributed by atoms with Crippen LogP contribution in [0.15, 0.2) is 48.5 Å². The highest BCUT2D eigenvalue weighted by Gasteiger charge is 2.23. The molecule has 0 bridgehead atoms. The predicted octanol–water partition coefficient (Wildman–Crippen LogP) is 3.48. The van der Waals surface area contributed by atoms with Crippen molar-refractivity contribution in [3.63, 3.8) is 0 Å². The molecule has 6 N–H and O–H groups in total. The first-order valence-corrected chi connectivity index (χ1v) is 10.8. The van der Waals surface area contributed by atoms with Gasteiger partial charge in [0.1, 0.15) is 5.69 Å². The fourth-order valence-corrected chi connectivity index (χ4v) is 4.27. The molecule has 2 aromatic carbocycles. The van der Waals surface area contributed by atoms with Gasteiger partial charge in [0.25, 0.3) is 5.91 Å². The Balaban J connectivity index is 1.68. The molecule has 1 aromatic heterocycles. The Bertz CT molecular complexity index is 1190. The average molecular weight is 450 g/mol. The Hall–Kier alpha value is -3.85. The molecule has 9 heteroatoms. The van der Waals surface area contributed by atoms with Gasteiger partial charge in [-0.05, 0) is 61.6 Å². The molecule has 0 unspecified atom stereocenters. The minimum absolute atomic E-state index is 0.0582. The second-order valence-corrected chi connectivity index (χ2v) is 8.41. The molecule has 1 heterocycles. The maximum Gasteiger partial charge on any atom is 0.409 e. The number of nitrogens with one attached hydrogen (secondary N) is 2. The average Bonchev–Trinajstić information content (AvgIpc) is 3.13. The molecule has 0 radical (unpaired) electrons. The molecule has 2 amide bonds. The summed E-state index contributed by atoms with van der Waals surface area (Å²) in [7, 11) is 0. The second kappa shape index (κ2) is 9.33. The lowest BCUT2D eigenvalue weighted by molar-refractivity contribution is 0.0696. The first kappa shape index (κ1) is 22.3. The van der Waals surface area contributed by atoms with Crippen LogP contribution in [0.3, 0.4) is 0 Å². The van der Waals surface area contributed by atoms with Gasteiger partial charge in [-0.15, -0.1) is 0 Å². The molecule has 0 atom stereocenters. The van der Waals surface area contributed by atoms with Gasteiger partial charge in [-0.25, -0.2) is 9.59 Å². The van der Waals surface area contributed by atoms with Crippen molar-refractivity contribution in [3.8, 4) is 0 Å². The summed E-state index contributed by atoms with van der Waals surface area (Å²) in [4.78, 5) is 35.5. The third-order valence-electron chi connectivity index (χ3n) is 6.04.